The van der Waals surface area contributed by atoms with Gasteiger partial charge in [0.1, 0.15) is 11.5 Å². The molecule has 0 fully saturated rings. The highest BCUT2D eigenvalue weighted by Crippen LogP contribution is 2.27. The number of carbonyl (C=O) groups is 1. The van der Waals surface area contributed by atoms with Gasteiger partial charge in [0.25, 0.3) is 5.69 Å². The van der Waals surface area contributed by atoms with Gasteiger partial charge in [0.05, 0.1) is 15.5 Å². The Balaban J connectivity index is 1.76. The van der Waals surface area contributed by atoms with E-state index in [2.05, 4.69) is 5.16 Å². The minimum Gasteiger partial charge on any atom is -0.480 e. The Kier molecular flexibility index (Phi) is 7.96. The molecule has 32 heavy (non-hydrogen) atoms. The molecule has 0 atom stereocenters. The van der Waals surface area contributed by atoms with Gasteiger partial charge in [-0.3, -0.25) is 10.1 Å². The van der Waals surface area contributed by atoms with E-state index in [9.17, 15) is 14.9 Å². The number of nitro groups is 1. The first-order valence-electron chi connectivity index (χ1n) is 9.26. The van der Waals surface area contributed by atoms with E-state index in [4.69, 9.17) is 32.8 Å². The number of oxime groups is 1. The normalized spacial score (nSPS) is 11.4. The molecule has 3 aromatic rings. The van der Waals surface area contributed by atoms with E-state index in [1.54, 1.807) is 48.5 Å². The molecule has 0 aliphatic rings. The Morgan fingerprint density at radius 3 is 2.47 bits per heavy atom. The summed E-state index contributed by atoms with van der Waals surface area (Å²) < 4.78 is 5.34. The van der Waals surface area contributed by atoms with Crippen LogP contribution in [0.3, 0.4) is 0 Å². The molecule has 0 aliphatic heterocycles. The highest BCUT2D eigenvalue weighted by atomic mass is 35.5. The average Bonchev–Trinajstić information content (AvgIpc) is 2.79. The molecule has 0 heterocycles. The third-order valence-corrected chi connectivity index (χ3v) is 4.64. The summed E-state index contributed by atoms with van der Waals surface area (Å²) in [6.45, 7) is -0.430. The number of carbonyl (C=O) groups excluding carboxylic acids is 1. The summed E-state index contributed by atoms with van der Waals surface area (Å²) in [5.74, 6) is -0.486. The molecule has 0 aliphatic carbocycles. The monoisotopic (exact) mass is 470 g/mol. The molecular weight excluding hydrogens is 455 g/mol. The first kappa shape index (κ1) is 23.0. The fourth-order valence-corrected chi connectivity index (χ4v) is 3.07. The largest absolute Gasteiger partial charge is 0.480 e. The minimum atomic E-state index is -0.761. The van der Waals surface area contributed by atoms with Crippen LogP contribution in [0, 0.1) is 10.1 Å². The van der Waals surface area contributed by atoms with Crippen LogP contribution in [0.4, 0.5) is 5.69 Å². The van der Waals surface area contributed by atoms with Gasteiger partial charge in [-0.15, -0.1) is 0 Å². The van der Waals surface area contributed by atoms with Crippen LogP contribution in [0.2, 0.25) is 10.0 Å². The summed E-state index contributed by atoms with van der Waals surface area (Å²) in [4.78, 5) is 27.8. The minimum absolute atomic E-state index is 0.0543. The van der Waals surface area contributed by atoms with Gasteiger partial charge in [0, 0.05) is 16.7 Å². The van der Waals surface area contributed by atoms with Gasteiger partial charge in [-0.05, 0) is 36.4 Å². The van der Waals surface area contributed by atoms with E-state index in [-0.39, 0.29) is 16.5 Å². The van der Waals surface area contributed by atoms with Crippen molar-refractivity contribution in [3.05, 3.63) is 110 Å². The lowest BCUT2D eigenvalue weighted by molar-refractivity contribution is -0.385. The molecule has 0 unspecified atom stereocenters. The molecule has 162 valence electrons. The molecule has 3 rings (SSSR count). The SMILES string of the molecule is O=C(COc1ccc(Cl)cc1Cl)O/N=C(/C=C/c1ccccc1[N+](=O)[O-])c1ccccc1. The maximum Gasteiger partial charge on any atom is 0.372 e. The number of halogens is 2. The van der Waals surface area contributed by atoms with Gasteiger partial charge < -0.3 is 9.57 Å². The van der Waals surface area contributed by atoms with Gasteiger partial charge in [0.2, 0.25) is 0 Å². The molecule has 0 N–H and O–H groups in total. The zero-order chi connectivity index (χ0) is 22.9. The lowest BCUT2D eigenvalue weighted by Crippen LogP contribution is -2.13. The summed E-state index contributed by atoms with van der Waals surface area (Å²) in [5, 5.41) is 15.8. The molecule has 0 amide bonds. The van der Waals surface area contributed by atoms with Gasteiger partial charge in [-0.25, -0.2) is 4.79 Å². The number of nitro benzene ring substituents is 1. The fourth-order valence-electron chi connectivity index (χ4n) is 2.61. The Morgan fingerprint density at radius 2 is 1.75 bits per heavy atom. The first-order chi connectivity index (χ1) is 15.4. The summed E-state index contributed by atoms with van der Waals surface area (Å²) in [6.07, 6.45) is 3.06. The van der Waals surface area contributed by atoms with Crippen molar-refractivity contribution in [3.63, 3.8) is 0 Å². The topological polar surface area (TPSA) is 91.0 Å². The number of hydrogen-bond acceptors (Lipinski definition) is 6. The Morgan fingerprint density at radius 1 is 1.03 bits per heavy atom. The van der Waals surface area contributed by atoms with Crippen LogP contribution >= 0.6 is 23.2 Å². The average molecular weight is 471 g/mol. The number of para-hydroxylation sites is 1. The predicted molar refractivity (Wildman–Crippen MR) is 123 cm³/mol. The van der Waals surface area contributed by atoms with E-state index >= 15 is 0 Å². The molecule has 0 radical (unpaired) electrons. The molecule has 0 saturated carbocycles. The number of hydrogen-bond donors (Lipinski definition) is 0. The lowest BCUT2D eigenvalue weighted by Gasteiger charge is -2.07. The van der Waals surface area contributed by atoms with E-state index in [1.165, 1.54) is 30.4 Å². The summed E-state index contributed by atoms with van der Waals surface area (Å²) >= 11 is 11.8. The Labute approximate surface area is 193 Å². The molecule has 0 bridgehead atoms. The first-order valence-corrected chi connectivity index (χ1v) is 10.0. The van der Waals surface area contributed by atoms with Crippen molar-refractivity contribution < 1.29 is 19.3 Å². The van der Waals surface area contributed by atoms with Crippen LogP contribution < -0.4 is 4.74 Å². The van der Waals surface area contributed by atoms with E-state index in [0.29, 0.717) is 21.9 Å². The predicted octanol–water partition coefficient (Wildman–Crippen LogP) is 5.94. The van der Waals surface area contributed by atoms with Crippen molar-refractivity contribution in [1.82, 2.24) is 0 Å². The molecular formula is C23H16Cl2N2O5. The smallest absolute Gasteiger partial charge is 0.372 e. The highest BCUT2D eigenvalue weighted by molar-refractivity contribution is 6.35. The van der Waals surface area contributed by atoms with Crippen molar-refractivity contribution in [3.8, 4) is 5.75 Å². The van der Waals surface area contributed by atoms with Gasteiger partial charge in [-0.2, -0.15) is 0 Å². The van der Waals surface area contributed by atoms with Crippen LogP contribution in [0.1, 0.15) is 11.1 Å². The molecule has 0 spiro atoms. The molecule has 9 heteroatoms. The molecule has 0 saturated heterocycles. The standard InChI is InChI=1S/C23H16Cl2N2O5/c24-18-11-13-22(19(25)14-18)31-15-23(28)32-26-20(16-6-2-1-3-7-16)12-10-17-8-4-5-9-21(17)27(29)30/h1-14H,15H2/b12-10+,26-20-. The lowest BCUT2D eigenvalue weighted by atomic mass is 10.1. The number of nitrogens with zero attached hydrogens (tertiary/aromatic N) is 2. The van der Waals surface area contributed by atoms with Crippen LogP contribution in [0.15, 0.2) is 84.0 Å². The number of benzene rings is 3. The summed E-state index contributed by atoms with van der Waals surface area (Å²) in [6, 6.07) is 19.8. The van der Waals surface area contributed by atoms with Crippen LogP contribution in [-0.2, 0) is 9.63 Å². The second-order valence-electron chi connectivity index (χ2n) is 6.32. The van der Waals surface area contributed by atoms with Crippen molar-refractivity contribution in [2.75, 3.05) is 6.61 Å². The maximum atomic E-state index is 12.1. The molecule has 7 nitrogen and oxygen atoms in total. The maximum absolute atomic E-state index is 12.1. The summed E-state index contributed by atoms with van der Waals surface area (Å²) in [7, 11) is 0. The van der Waals surface area contributed by atoms with E-state index in [1.807, 2.05) is 6.07 Å². The second-order valence-corrected chi connectivity index (χ2v) is 7.16. The van der Waals surface area contributed by atoms with Crippen molar-refractivity contribution >= 4 is 46.6 Å². The van der Waals surface area contributed by atoms with Crippen molar-refractivity contribution in [2.45, 2.75) is 0 Å². The Hall–Kier alpha value is -3.68. The van der Waals surface area contributed by atoms with Crippen LogP contribution in [-0.4, -0.2) is 23.2 Å². The van der Waals surface area contributed by atoms with Gasteiger partial charge in [0.15, 0.2) is 6.61 Å². The Bertz CT molecular complexity index is 1180. The zero-order valence-electron chi connectivity index (χ0n) is 16.5. The van der Waals surface area contributed by atoms with Gasteiger partial charge >= 0.3 is 5.97 Å². The highest BCUT2D eigenvalue weighted by Gasteiger charge is 2.11. The fraction of sp³-hybridized carbons (Fsp3) is 0.0435. The molecule has 0 aromatic heterocycles. The number of rotatable bonds is 8. The summed E-state index contributed by atoms with van der Waals surface area (Å²) in [5.41, 5.74) is 1.27. The van der Waals surface area contributed by atoms with Crippen molar-refractivity contribution in [2.24, 2.45) is 5.16 Å². The van der Waals surface area contributed by atoms with Gasteiger partial charge in [-0.1, -0.05) is 70.8 Å². The van der Waals surface area contributed by atoms with Crippen LogP contribution in [0.25, 0.3) is 6.08 Å². The van der Waals surface area contributed by atoms with Crippen LogP contribution in [0.5, 0.6) is 5.75 Å². The second kappa shape index (κ2) is 11.1. The number of allylic oxidation sites excluding steroid dienone is 1. The zero-order valence-corrected chi connectivity index (χ0v) is 18.0. The third-order valence-electron chi connectivity index (χ3n) is 4.11. The van der Waals surface area contributed by atoms with E-state index < -0.39 is 17.5 Å². The van der Waals surface area contributed by atoms with E-state index in [0.717, 1.165) is 0 Å². The third kappa shape index (κ3) is 6.41. The molecule has 3 aromatic carbocycles. The number of ether oxygens (including phenoxy) is 1. The quantitative estimate of drug-likeness (QED) is 0.176. The van der Waals surface area contributed by atoms with Crippen molar-refractivity contribution in [1.29, 1.82) is 0 Å².